The average molecular weight is 304 g/mol. The Labute approximate surface area is 115 Å². The van der Waals surface area contributed by atoms with Gasteiger partial charge in [-0.25, -0.2) is 17.9 Å². The van der Waals surface area contributed by atoms with E-state index in [-0.39, 0.29) is 24.6 Å². The zero-order chi connectivity index (χ0) is 15.3. The number of aromatic amines is 1. The van der Waals surface area contributed by atoms with Crippen molar-refractivity contribution in [3.63, 3.8) is 0 Å². The second kappa shape index (κ2) is 6.48. The number of rotatable bonds is 7. The van der Waals surface area contributed by atoms with E-state index < -0.39 is 26.6 Å². The van der Waals surface area contributed by atoms with Crippen LogP contribution in [0.3, 0.4) is 0 Å². The van der Waals surface area contributed by atoms with Crippen molar-refractivity contribution in [2.45, 2.75) is 25.2 Å². The van der Waals surface area contributed by atoms with Crippen LogP contribution in [0, 0.1) is 6.92 Å². The molecule has 1 rings (SSSR count). The Morgan fingerprint density at radius 3 is 2.60 bits per heavy atom. The number of aryl methyl sites for hydroxylation is 1. The van der Waals surface area contributed by atoms with Gasteiger partial charge in [-0.15, -0.1) is 0 Å². The fourth-order valence-corrected chi connectivity index (χ4v) is 2.90. The maximum absolute atomic E-state index is 12.0. The van der Waals surface area contributed by atoms with Gasteiger partial charge in [0.2, 0.25) is 15.9 Å². The van der Waals surface area contributed by atoms with Gasteiger partial charge in [0.25, 0.3) is 0 Å². The number of carboxylic acid groups (broad SMARTS) is 1. The van der Waals surface area contributed by atoms with Crippen molar-refractivity contribution in [2.24, 2.45) is 0 Å². The van der Waals surface area contributed by atoms with Gasteiger partial charge >= 0.3 is 5.97 Å². The summed E-state index contributed by atoms with van der Waals surface area (Å²) in [7, 11) is -4.04. The molecule has 1 aromatic heterocycles. The lowest BCUT2D eigenvalue weighted by atomic mass is 10.4. The van der Waals surface area contributed by atoms with E-state index in [1.54, 1.807) is 6.92 Å². The summed E-state index contributed by atoms with van der Waals surface area (Å²) in [5.41, 5.74) is -0.457. The minimum atomic E-state index is -4.04. The third kappa shape index (κ3) is 3.78. The molecule has 0 unspecified atom stereocenters. The molecular formula is C10H16N4O5S. The summed E-state index contributed by atoms with van der Waals surface area (Å²) in [5, 5.41) is 17.2. The number of carboxylic acids is 1. The third-order valence-electron chi connectivity index (χ3n) is 2.38. The lowest BCUT2D eigenvalue weighted by Gasteiger charge is -2.06. The summed E-state index contributed by atoms with van der Waals surface area (Å²) in [6, 6.07) is 0. The summed E-state index contributed by atoms with van der Waals surface area (Å²) >= 11 is 0. The number of amides is 1. The number of hydrogen-bond acceptors (Lipinski definition) is 5. The van der Waals surface area contributed by atoms with Crippen LogP contribution < -0.4 is 10.0 Å². The Bertz CT molecular complexity index is 607. The molecule has 1 amide bonds. The van der Waals surface area contributed by atoms with E-state index >= 15 is 0 Å². The maximum atomic E-state index is 12.0. The van der Waals surface area contributed by atoms with E-state index in [2.05, 4.69) is 20.2 Å². The van der Waals surface area contributed by atoms with Crippen molar-refractivity contribution < 1.29 is 23.1 Å². The highest BCUT2D eigenvalue weighted by atomic mass is 32.2. The van der Waals surface area contributed by atoms with Crippen LogP contribution in [-0.4, -0.2) is 48.7 Å². The molecule has 0 radical (unpaired) electrons. The molecule has 10 heteroatoms. The molecule has 4 N–H and O–H groups in total. The summed E-state index contributed by atoms with van der Waals surface area (Å²) in [6.07, 6.45) is -0.0353. The molecule has 0 fully saturated rings. The van der Waals surface area contributed by atoms with Crippen molar-refractivity contribution in [1.82, 2.24) is 20.2 Å². The zero-order valence-corrected chi connectivity index (χ0v) is 11.9. The highest BCUT2D eigenvalue weighted by Gasteiger charge is 2.27. The smallest absolute Gasteiger partial charge is 0.357 e. The van der Waals surface area contributed by atoms with Crippen LogP contribution in [0.1, 0.15) is 29.5 Å². The molecule has 112 valence electrons. The summed E-state index contributed by atoms with van der Waals surface area (Å²) < 4.78 is 26.2. The molecule has 0 atom stereocenters. The van der Waals surface area contributed by atoms with Gasteiger partial charge in [0.15, 0.2) is 5.69 Å². The van der Waals surface area contributed by atoms with Crippen LogP contribution in [0.2, 0.25) is 0 Å². The molecule has 9 nitrogen and oxygen atoms in total. The summed E-state index contributed by atoms with van der Waals surface area (Å²) in [5.74, 6) is -1.74. The molecular weight excluding hydrogens is 288 g/mol. The van der Waals surface area contributed by atoms with Gasteiger partial charge in [0.1, 0.15) is 4.90 Å². The van der Waals surface area contributed by atoms with Gasteiger partial charge in [-0.2, -0.15) is 5.10 Å². The molecule has 0 aliphatic heterocycles. The van der Waals surface area contributed by atoms with Crippen molar-refractivity contribution >= 4 is 21.9 Å². The minimum absolute atomic E-state index is 0.0353. The van der Waals surface area contributed by atoms with Crippen molar-refractivity contribution in [3.05, 3.63) is 11.4 Å². The van der Waals surface area contributed by atoms with E-state index in [0.717, 1.165) is 0 Å². The normalized spacial score (nSPS) is 11.3. The van der Waals surface area contributed by atoms with Gasteiger partial charge in [0, 0.05) is 19.5 Å². The Balaban J connectivity index is 2.82. The number of aromatic nitrogens is 2. The van der Waals surface area contributed by atoms with Gasteiger partial charge in [-0.3, -0.25) is 9.89 Å². The topological polar surface area (TPSA) is 141 Å². The Morgan fingerprint density at radius 1 is 1.40 bits per heavy atom. The summed E-state index contributed by atoms with van der Waals surface area (Å²) in [6.45, 7) is 3.47. The molecule has 1 aromatic rings. The Hall–Kier alpha value is -1.94. The number of nitrogens with one attached hydrogen (secondary N) is 3. The highest BCUT2D eigenvalue weighted by molar-refractivity contribution is 7.89. The van der Waals surface area contributed by atoms with Crippen molar-refractivity contribution in [3.8, 4) is 0 Å². The molecule has 0 bridgehead atoms. The molecule has 0 aromatic carbocycles. The van der Waals surface area contributed by atoms with Crippen LogP contribution in [0.25, 0.3) is 0 Å². The van der Waals surface area contributed by atoms with E-state index in [4.69, 9.17) is 5.11 Å². The van der Waals surface area contributed by atoms with Crippen molar-refractivity contribution in [2.75, 3.05) is 13.1 Å². The fraction of sp³-hybridized carbons (Fsp3) is 0.500. The second-order valence-corrected chi connectivity index (χ2v) is 5.64. The van der Waals surface area contributed by atoms with Crippen molar-refractivity contribution in [1.29, 1.82) is 0 Å². The maximum Gasteiger partial charge on any atom is 0.357 e. The van der Waals surface area contributed by atoms with Crippen LogP contribution in [0.4, 0.5) is 0 Å². The lowest BCUT2D eigenvalue weighted by Crippen LogP contribution is -2.31. The number of nitrogens with zero attached hydrogens (tertiary/aromatic N) is 1. The van der Waals surface area contributed by atoms with E-state index in [9.17, 15) is 18.0 Å². The first kappa shape index (κ1) is 16.1. The first-order valence-corrected chi connectivity index (χ1v) is 7.32. The third-order valence-corrected chi connectivity index (χ3v) is 4.00. The SMILES string of the molecule is CCNC(=O)CCNS(=O)(=O)c1c(C(=O)O)n[nH]c1C. The standard InChI is InChI=1S/C10H16N4O5S/c1-3-11-7(15)4-5-12-20(18,19)9-6(2)13-14-8(9)10(16)17/h12H,3-5H2,1-2H3,(H,11,15)(H,13,14)(H,16,17). The number of H-pyrrole nitrogens is 1. The van der Waals surface area contributed by atoms with E-state index in [1.165, 1.54) is 6.92 Å². The molecule has 0 aliphatic carbocycles. The Morgan fingerprint density at radius 2 is 2.05 bits per heavy atom. The largest absolute Gasteiger partial charge is 0.476 e. The van der Waals surface area contributed by atoms with Crippen LogP contribution in [0.5, 0.6) is 0 Å². The molecule has 0 saturated heterocycles. The van der Waals surface area contributed by atoms with Gasteiger partial charge in [-0.05, 0) is 13.8 Å². The molecule has 20 heavy (non-hydrogen) atoms. The number of carbonyl (C=O) groups excluding carboxylic acids is 1. The van der Waals surface area contributed by atoms with Gasteiger partial charge in [0.05, 0.1) is 5.69 Å². The van der Waals surface area contributed by atoms with Crippen LogP contribution in [-0.2, 0) is 14.8 Å². The molecule has 1 heterocycles. The summed E-state index contributed by atoms with van der Waals surface area (Å²) in [4.78, 5) is 21.7. The Kier molecular flexibility index (Phi) is 5.22. The number of aromatic carboxylic acids is 1. The fourth-order valence-electron chi connectivity index (χ4n) is 1.55. The van der Waals surface area contributed by atoms with E-state index in [0.29, 0.717) is 6.54 Å². The first-order valence-electron chi connectivity index (χ1n) is 5.84. The monoisotopic (exact) mass is 304 g/mol. The van der Waals surface area contributed by atoms with Gasteiger partial charge < -0.3 is 10.4 Å². The molecule has 0 aliphatic rings. The van der Waals surface area contributed by atoms with Crippen LogP contribution >= 0.6 is 0 Å². The quantitative estimate of drug-likeness (QED) is 0.520. The average Bonchev–Trinajstić information content (AvgIpc) is 2.72. The zero-order valence-electron chi connectivity index (χ0n) is 11.1. The number of carbonyl (C=O) groups is 2. The second-order valence-electron chi connectivity index (χ2n) is 3.93. The van der Waals surface area contributed by atoms with Crippen LogP contribution in [0.15, 0.2) is 4.90 Å². The highest BCUT2D eigenvalue weighted by Crippen LogP contribution is 2.17. The number of hydrogen-bond donors (Lipinski definition) is 4. The molecule has 0 saturated carbocycles. The molecule has 0 spiro atoms. The van der Waals surface area contributed by atoms with E-state index in [1.807, 2.05) is 0 Å². The predicted octanol–water partition coefficient (Wildman–Crippen LogP) is -0.779. The first-order chi connectivity index (χ1) is 9.29. The minimum Gasteiger partial charge on any atom is -0.476 e. The number of sulfonamides is 1. The lowest BCUT2D eigenvalue weighted by molar-refractivity contribution is -0.120. The van der Waals surface area contributed by atoms with Gasteiger partial charge in [-0.1, -0.05) is 0 Å². The predicted molar refractivity (Wildman–Crippen MR) is 68.8 cm³/mol.